The summed E-state index contributed by atoms with van der Waals surface area (Å²) in [6.07, 6.45) is 2.35. The van der Waals surface area contributed by atoms with Crippen LogP contribution >= 0.6 is 12.2 Å². The van der Waals surface area contributed by atoms with Crippen LogP contribution in [0.4, 0.5) is 5.69 Å². The van der Waals surface area contributed by atoms with Gasteiger partial charge in [0.1, 0.15) is 4.99 Å². The number of anilines is 1. The first-order chi connectivity index (χ1) is 10.1. The number of benzene rings is 2. The van der Waals surface area contributed by atoms with Gasteiger partial charge in [0.2, 0.25) is 0 Å². The quantitative estimate of drug-likeness (QED) is 0.608. The van der Waals surface area contributed by atoms with Gasteiger partial charge in [-0.2, -0.15) is 0 Å². The molecule has 0 aliphatic rings. The smallest absolute Gasteiger partial charge is 0.104 e. The molecule has 0 aliphatic heterocycles. The van der Waals surface area contributed by atoms with E-state index in [1.165, 1.54) is 11.8 Å². The topological polar surface area (TPSA) is 41.3 Å². The third kappa shape index (κ3) is 4.16. The lowest BCUT2D eigenvalue weighted by Crippen LogP contribution is -2.14. The summed E-state index contributed by atoms with van der Waals surface area (Å²) in [4.78, 5) is 2.66. The Labute approximate surface area is 132 Å². The Bertz CT molecular complexity index is 622. The number of nitrogens with one attached hydrogen (secondary N) is 1. The molecule has 2 aromatic carbocycles. The number of hydrogen-bond acceptors (Lipinski definition) is 3. The first-order valence-electron chi connectivity index (χ1n) is 7.30. The number of fused-ring (bicyclic) bond motifs is 1. The molecule has 0 aromatic heterocycles. The van der Waals surface area contributed by atoms with Gasteiger partial charge in [-0.05, 0) is 51.0 Å². The fourth-order valence-electron chi connectivity index (χ4n) is 2.44. The summed E-state index contributed by atoms with van der Waals surface area (Å²) in [5.74, 6) is 0. The molecule has 4 heteroatoms. The zero-order valence-corrected chi connectivity index (χ0v) is 13.5. The van der Waals surface area contributed by atoms with Crippen LogP contribution in [0.2, 0.25) is 0 Å². The number of thiocarbonyl (C=S) groups is 1. The number of rotatable bonds is 7. The van der Waals surface area contributed by atoms with E-state index in [9.17, 15) is 0 Å². The average molecular weight is 301 g/mol. The Hall–Kier alpha value is -1.65. The van der Waals surface area contributed by atoms with E-state index in [1.54, 1.807) is 0 Å². The van der Waals surface area contributed by atoms with Gasteiger partial charge in [0.15, 0.2) is 0 Å². The maximum absolute atomic E-state index is 5.80. The number of nitrogens with zero attached hydrogens (tertiary/aromatic N) is 1. The van der Waals surface area contributed by atoms with Gasteiger partial charge in [0.05, 0.1) is 0 Å². The van der Waals surface area contributed by atoms with Crippen molar-refractivity contribution >= 4 is 33.7 Å². The van der Waals surface area contributed by atoms with Crippen LogP contribution < -0.4 is 11.1 Å². The van der Waals surface area contributed by atoms with Crippen molar-refractivity contribution in [2.75, 3.05) is 32.5 Å². The maximum atomic E-state index is 5.80. The molecule has 2 aromatic rings. The van der Waals surface area contributed by atoms with Crippen molar-refractivity contribution < 1.29 is 0 Å². The van der Waals surface area contributed by atoms with Crippen molar-refractivity contribution in [1.82, 2.24) is 4.90 Å². The fourth-order valence-corrected chi connectivity index (χ4v) is 2.62. The molecular formula is C17H23N3S. The number of unbranched alkanes of at least 4 members (excludes halogenated alkanes) is 1. The van der Waals surface area contributed by atoms with Crippen LogP contribution in [-0.4, -0.2) is 37.1 Å². The van der Waals surface area contributed by atoms with E-state index in [1.807, 2.05) is 18.2 Å². The standard InChI is InChI=1S/C17H23N3S/c1-20(2)12-6-5-11-19-16-10-9-15(17(18)21)13-7-3-4-8-14(13)16/h3-4,7-10,19H,5-6,11-12H2,1-2H3,(H2,18,21). The molecule has 112 valence electrons. The summed E-state index contributed by atoms with van der Waals surface area (Å²) in [5.41, 5.74) is 7.90. The molecule has 0 spiro atoms. The summed E-state index contributed by atoms with van der Waals surface area (Å²) in [6, 6.07) is 12.3. The highest BCUT2D eigenvalue weighted by Crippen LogP contribution is 2.26. The van der Waals surface area contributed by atoms with E-state index in [0.29, 0.717) is 4.99 Å². The molecule has 0 fully saturated rings. The van der Waals surface area contributed by atoms with E-state index in [2.05, 4.69) is 42.5 Å². The zero-order chi connectivity index (χ0) is 15.2. The number of nitrogens with two attached hydrogens (primary N) is 1. The minimum Gasteiger partial charge on any atom is -0.389 e. The molecule has 0 amide bonds. The second-order valence-corrected chi connectivity index (χ2v) is 5.95. The van der Waals surface area contributed by atoms with Gasteiger partial charge in [-0.15, -0.1) is 0 Å². The van der Waals surface area contributed by atoms with Crippen LogP contribution in [0.15, 0.2) is 36.4 Å². The van der Waals surface area contributed by atoms with E-state index < -0.39 is 0 Å². The highest BCUT2D eigenvalue weighted by molar-refractivity contribution is 7.80. The lowest BCUT2D eigenvalue weighted by molar-refractivity contribution is 0.396. The van der Waals surface area contributed by atoms with Crippen LogP contribution in [0.1, 0.15) is 18.4 Å². The molecule has 0 atom stereocenters. The molecule has 0 saturated heterocycles. The predicted molar refractivity (Wildman–Crippen MR) is 96.1 cm³/mol. The van der Waals surface area contributed by atoms with Crippen molar-refractivity contribution in [3.8, 4) is 0 Å². The van der Waals surface area contributed by atoms with E-state index in [0.717, 1.165) is 36.1 Å². The van der Waals surface area contributed by atoms with Crippen LogP contribution in [-0.2, 0) is 0 Å². The van der Waals surface area contributed by atoms with Crippen molar-refractivity contribution in [2.45, 2.75) is 12.8 Å². The SMILES string of the molecule is CN(C)CCCCNc1ccc(C(N)=S)c2ccccc12. The maximum Gasteiger partial charge on any atom is 0.104 e. The lowest BCUT2D eigenvalue weighted by Gasteiger charge is -2.13. The van der Waals surface area contributed by atoms with E-state index in [-0.39, 0.29) is 0 Å². The van der Waals surface area contributed by atoms with Gasteiger partial charge in [-0.3, -0.25) is 0 Å². The third-order valence-electron chi connectivity index (χ3n) is 3.54. The molecule has 0 saturated carbocycles. The minimum absolute atomic E-state index is 0.448. The Morgan fingerprint density at radius 1 is 1.10 bits per heavy atom. The lowest BCUT2D eigenvalue weighted by atomic mass is 10.0. The monoisotopic (exact) mass is 301 g/mol. The van der Waals surface area contributed by atoms with Gasteiger partial charge >= 0.3 is 0 Å². The van der Waals surface area contributed by atoms with Crippen LogP contribution in [0, 0.1) is 0 Å². The summed E-state index contributed by atoms with van der Waals surface area (Å²) in [6.45, 7) is 2.10. The van der Waals surface area contributed by atoms with E-state index >= 15 is 0 Å². The van der Waals surface area contributed by atoms with Crippen LogP contribution in [0.25, 0.3) is 10.8 Å². The Morgan fingerprint density at radius 3 is 2.48 bits per heavy atom. The molecular weight excluding hydrogens is 278 g/mol. The van der Waals surface area contributed by atoms with Crippen molar-refractivity contribution in [2.24, 2.45) is 5.73 Å². The summed E-state index contributed by atoms with van der Waals surface area (Å²) >= 11 is 5.13. The fraction of sp³-hybridized carbons (Fsp3) is 0.353. The molecule has 0 aliphatic carbocycles. The predicted octanol–water partition coefficient (Wildman–Crippen LogP) is 3.23. The minimum atomic E-state index is 0.448. The molecule has 0 unspecified atom stereocenters. The Kier molecular flexibility index (Phi) is 5.53. The van der Waals surface area contributed by atoms with Gasteiger partial charge in [0, 0.05) is 23.2 Å². The molecule has 0 bridgehead atoms. The van der Waals surface area contributed by atoms with E-state index in [4.69, 9.17) is 18.0 Å². The molecule has 3 nitrogen and oxygen atoms in total. The van der Waals surface area contributed by atoms with Crippen molar-refractivity contribution in [3.63, 3.8) is 0 Å². The van der Waals surface area contributed by atoms with Gasteiger partial charge < -0.3 is 16.0 Å². The third-order valence-corrected chi connectivity index (χ3v) is 3.76. The summed E-state index contributed by atoms with van der Waals surface area (Å²) in [5, 5.41) is 5.82. The van der Waals surface area contributed by atoms with Crippen LogP contribution in [0.5, 0.6) is 0 Å². The summed E-state index contributed by atoms with van der Waals surface area (Å²) < 4.78 is 0. The average Bonchev–Trinajstić information content (AvgIpc) is 2.46. The molecule has 0 heterocycles. The highest BCUT2D eigenvalue weighted by atomic mass is 32.1. The Morgan fingerprint density at radius 2 is 1.81 bits per heavy atom. The first-order valence-corrected chi connectivity index (χ1v) is 7.70. The van der Waals surface area contributed by atoms with Crippen LogP contribution in [0.3, 0.4) is 0 Å². The zero-order valence-electron chi connectivity index (χ0n) is 12.7. The van der Waals surface area contributed by atoms with Crippen molar-refractivity contribution in [3.05, 3.63) is 42.0 Å². The largest absolute Gasteiger partial charge is 0.389 e. The van der Waals surface area contributed by atoms with Crippen molar-refractivity contribution in [1.29, 1.82) is 0 Å². The Balaban J connectivity index is 2.11. The molecule has 21 heavy (non-hydrogen) atoms. The normalized spacial score (nSPS) is 11.0. The second-order valence-electron chi connectivity index (χ2n) is 5.51. The highest BCUT2D eigenvalue weighted by Gasteiger charge is 2.07. The second kappa shape index (κ2) is 7.38. The summed E-state index contributed by atoms with van der Waals surface area (Å²) in [7, 11) is 4.21. The first kappa shape index (κ1) is 15.7. The van der Waals surface area contributed by atoms with Gasteiger partial charge in [-0.1, -0.05) is 36.5 Å². The number of hydrogen-bond donors (Lipinski definition) is 2. The molecule has 3 N–H and O–H groups in total. The molecule has 2 rings (SSSR count). The van der Waals surface area contributed by atoms with Gasteiger partial charge in [0.25, 0.3) is 0 Å². The van der Waals surface area contributed by atoms with Gasteiger partial charge in [-0.25, -0.2) is 0 Å². The molecule has 0 radical (unpaired) electrons.